The summed E-state index contributed by atoms with van der Waals surface area (Å²) in [4.78, 5) is 22.1. The van der Waals surface area contributed by atoms with Crippen molar-refractivity contribution >= 4 is 11.9 Å². The zero-order chi connectivity index (χ0) is 13.0. The standard InChI is InChI=1S/C12H14FNO3/c1-7(12(16)17)11(15)14-8(2)9-4-3-5-10(13)6-9/h3-8H,1-2H3,(H,14,15)(H,16,17). The minimum Gasteiger partial charge on any atom is -0.481 e. The Bertz CT molecular complexity index is 434. The van der Waals surface area contributed by atoms with Gasteiger partial charge in [0.1, 0.15) is 11.7 Å². The summed E-state index contributed by atoms with van der Waals surface area (Å²) in [5.74, 6) is -3.29. The van der Waals surface area contributed by atoms with Gasteiger partial charge in [0.05, 0.1) is 6.04 Å². The molecule has 92 valence electrons. The highest BCUT2D eigenvalue weighted by atomic mass is 19.1. The molecule has 1 amide bonds. The van der Waals surface area contributed by atoms with Crippen molar-refractivity contribution in [1.29, 1.82) is 0 Å². The topological polar surface area (TPSA) is 66.4 Å². The number of carboxylic acids is 1. The lowest BCUT2D eigenvalue weighted by molar-refractivity contribution is -0.146. The average Bonchev–Trinajstić information content (AvgIpc) is 2.27. The number of carboxylic acid groups (broad SMARTS) is 1. The van der Waals surface area contributed by atoms with Gasteiger partial charge < -0.3 is 10.4 Å². The van der Waals surface area contributed by atoms with Crippen LogP contribution in [0.5, 0.6) is 0 Å². The van der Waals surface area contributed by atoms with Crippen molar-refractivity contribution in [2.75, 3.05) is 0 Å². The maximum atomic E-state index is 12.9. The first-order chi connectivity index (χ1) is 7.91. The van der Waals surface area contributed by atoms with E-state index in [-0.39, 0.29) is 0 Å². The number of carbonyl (C=O) groups excluding carboxylic acids is 1. The molecule has 2 N–H and O–H groups in total. The van der Waals surface area contributed by atoms with E-state index in [0.29, 0.717) is 5.56 Å². The number of hydrogen-bond acceptors (Lipinski definition) is 2. The van der Waals surface area contributed by atoms with Gasteiger partial charge in [0.25, 0.3) is 0 Å². The number of carbonyl (C=O) groups is 2. The van der Waals surface area contributed by atoms with Gasteiger partial charge >= 0.3 is 5.97 Å². The van der Waals surface area contributed by atoms with Crippen molar-refractivity contribution in [3.63, 3.8) is 0 Å². The maximum Gasteiger partial charge on any atom is 0.315 e. The van der Waals surface area contributed by atoms with Crippen LogP contribution in [0.3, 0.4) is 0 Å². The third-order valence-electron chi connectivity index (χ3n) is 2.47. The van der Waals surface area contributed by atoms with Crippen molar-refractivity contribution in [3.8, 4) is 0 Å². The minimum atomic E-state index is -1.19. The van der Waals surface area contributed by atoms with Crippen LogP contribution in [0.2, 0.25) is 0 Å². The Labute approximate surface area is 98.5 Å². The number of nitrogens with one attached hydrogen (secondary N) is 1. The number of amides is 1. The van der Waals surface area contributed by atoms with Crippen LogP contribution in [0.25, 0.3) is 0 Å². The fourth-order valence-electron chi connectivity index (χ4n) is 1.31. The van der Waals surface area contributed by atoms with Gasteiger partial charge in [-0.25, -0.2) is 4.39 Å². The Balaban J connectivity index is 2.70. The van der Waals surface area contributed by atoms with Gasteiger partial charge in [0, 0.05) is 0 Å². The van der Waals surface area contributed by atoms with Crippen LogP contribution in [-0.2, 0) is 9.59 Å². The number of benzene rings is 1. The number of halogens is 1. The molecule has 0 aliphatic carbocycles. The Hall–Kier alpha value is -1.91. The van der Waals surface area contributed by atoms with Gasteiger partial charge in [-0.1, -0.05) is 12.1 Å². The maximum absolute atomic E-state index is 12.9. The van der Waals surface area contributed by atoms with Gasteiger partial charge in [-0.2, -0.15) is 0 Å². The molecule has 17 heavy (non-hydrogen) atoms. The van der Waals surface area contributed by atoms with Gasteiger partial charge in [-0.15, -0.1) is 0 Å². The van der Waals surface area contributed by atoms with Crippen molar-refractivity contribution in [2.45, 2.75) is 19.9 Å². The summed E-state index contributed by atoms with van der Waals surface area (Å²) in [7, 11) is 0. The van der Waals surface area contributed by atoms with Gasteiger partial charge in [-0.05, 0) is 31.5 Å². The van der Waals surface area contributed by atoms with E-state index >= 15 is 0 Å². The van der Waals surface area contributed by atoms with Gasteiger partial charge in [-0.3, -0.25) is 9.59 Å². The molecule has 0 saturated carbocycles. The van der Waals surface area contributed by atoms with Gasteiger partial charge in [0.15, 0.2) is 0 Å². The summed E-state index contributed by atoms with van der Waals surface area (Å²) in [5.41, 5.74) is 0.593. The Morgan fingerprint density at radius 2 is 2.00 bits per heavy atom. The molecule has 0 fully saturated rings. The molecule has 1 aromatic rings. The molecule has 2 atom stereocenters. The first-order valence-corrected chi connectivity index (χ1v) is 5.20. The van der Waals surface area contributed by atoms with E-state index < -0.39 is 29.7 Å². The first-order valence-electron chi connectivity index (χ1n) is 5.20. The molecule has 2 unspecified atom stereocenters. The van der Waals surface area contributed by atoms with E-state index in [2.05, 4.69) is 5.32 Å². The number of hydrogen-bond donors (Lipinski definition) is 2. The van der Waals surface area contributed by atoms with Gasteiger partial charge in [0.2, 0.25) is 5.91 Å². The molecular weight excluding hydrogens is 225 g/mol. The summed E-state index contributed by atoms with van der Waals surface area (Å²) in [6, 6.07) is 5.38. The Morgan fingerprint density at radius 1 is 1.35 bits per heavy atom. The highest BCUT2D eigenvalue weighted by molar-refractivity contribution is 5.96. The third-order valence-corrected chi connectivity index (χ3v) is 2.47. The highest BCUT2D eigenvalue weighted by Crippen LogP contribution is 2.14. The lowest BCUT2D eigenvalue weighted by Gasteiger charge is -2.16. The largest absolute Gasteiger partial charge is 0.481 e. The third kappa shape index (κ3) is 3.55. The smallest absolute Gasteiger partial charge is 0.315 e. The molecule has 0 radical (unpaired) electrons. The molecule has 0 aromatic heterocycles. The highest BCUT2D eigenvalue weighted by Gasteiger charge is 2.22. The molecule has 0 aliphatic rings. The van der Waals surface area contributed by atoms with Crippen molar-refractivity contribution < 1.29 is 19.1 Å². The quantitative estimate of drug-likeness (QED) is 0.786. The van der Waals surface area contributed by atoms with E-state index in [1.165, 1.54) is 25.1 Å². The molecule has 0 bridgehead atoms. The van der Waals surface area contributed by atoms with Crippen LogP contribution < -0.4 is 5.32 Å². The summed E-state index contributed by atoms with van der Waals surface area (Å²) < 4.78 is 12.9. The molecule has 1 rings (SSSR count). The van der Waals surface area contributed by atoms with Crippen LogP contribution in [0, 0.1) is 11.7 Å². The molecule has 1 aromatic carbocycles. The van der Waals surface area contributed by atoms with E-state index in [1.807, 2.05) is 0 Å². The van der Waals surface area contributed by atoms with E-state index in [0.717, 1.165) is 0 Å². The second kappa shape index (κ2) is 5.43. The normalized spacial score (nSPS) is 13.8. The molecule has 4 nitrogen and oxygen atoms in total. The van der Waals surface area contributed by atoms with Crippen LogP contribution in [-0.4, -0.2) is 17.0 Å². The second-order valence-corrected chi connectivity index (χ2v) is 3.85. The van der Waals surface area contributed by atoms with E-state index in [1.54, 1.807) is 13.0 Å². The Morgan fingerprint density at radius 3 is 2.53 bits per heavy atom. The second-order valence-electron chi connectivity index (χ2n) is 3.85. The number of aliphatic carboxylic acids is 1. The SMILES string of the molecule is CC(C(=O)O)C(=O)NC(C)c1cccc(F)c1. The summed E-state index contributed by atoms with van der Waals surface area (Å²) in [5, 5.41) is 11.2. The van der Waals surface area contributed by atoms with Crippen molar-refractivity contribution in [2.24, 2.45) is 5.92 Å². The lowest BCUT2D eigenvalue weighted by Crippen LogP contribution is -2.35. The zero-order valence-corrected chi connectivity index (χ0v) is 9.61. The lowest BCUT2D eigenvalue weighted by atomic mass is 10.1. The molecule has 0 spiro atoms. The summed E-state index contributed by atoms with van der Waals surface area (Å²) in [6.07, 6.45) is 0. The zero-order valence-electron chi connectivity index (χ0n) is 9.61. The predicted molar refractivity (Wildman–Crippen MR) is 59.8 cm³/mol. The fraction of sp³-hybridized carbons (Fsp3) is 0.333. The summed E-state index contributed by atoms with van der Waals surface area (Å²) >= 11 is 0. The fourth-order valence-corrected chi connectivity index (χ4v) is 1.31. The van der Waals surface area contributed by atoms with E-state index in [9.17, 15) is 14.0 Å². The monoisotopic (exact) mass is 239 g/mol. The van der Waals surface area contributed by atoms with Crippen LogP contribution in [0.15, 0.2) is 24.3 Å². The molecule has 5 heteroatoms. The van der Waals surface area contributed by atoms with E-state index in [4.69, 9.17) is 5.11 Å². The summed E-state index contributed by atoms with van der Waals surface area (Å²) in [6.45, 7) is 2.97. The van der Waals surface area contributed by atoms with Crippen molar-refractivity contribution in [1.82, 2.24) is 5.32 Å². The average molecular weight is 239 g/mol. The predicted octanol–water partition coefficient (Wildman–Crippen LogP) is 1.72. The van der Waals surface area contributed by atoms with Crippen molar-refractivity contribution in [3.05, 3.63) is 35.6 Å². The first kappa shape index (κ1) is 13.2. The molecule has 0 aliphatic heterocycles. The minimum absolute atomic E-state index is 0.394. The molecular formula is C12H14FNO3. The van der Waals surface area contributed by atoms with Crippen LogP contribution >= 0.6 is 0 Å². The molecule has 0 heterocycles. The Kier molecular flexibility index (Phi) is 4.20. The van der Waals surface area contributed by atoms with Crippen LogP contribution in [0.1, 0.15) is 25.5 Å². The number of rotatable bonds is 4. The molecule has 0 saturated heterocycles. The van der Waals surface area contributed by atoms with Crippen LogP contribution in [0.4, 0.5) is 4.39 Å².